The van der Waals surface area contributed by atoms with Gasteiger partial charge in [0.15, 0.2) is 5.16 Å². The maximum absolute atomic E-state index is 9.70. The van der Waals surface area contributed by atoms with Gasteiger partial charge in [0, 0.05) is 24.9 Å². The van der Waals surface area contributed by atoms with E-state index in [2.05, 4.69) is 32.3 Å². The number of rotatable bonds is 2. The third kappa shape index (κ3) is 1.82. The Morgan fingerprint density at radius 1 is 1.33 bits per heavy atom. The third-order valence-corrected chi connectivity index (χ3v) is 5.07. The molecule has 0 unspecified atom stereocenters. The lowest BCUT2D eigenvalue weighted by molar-refractivity contribution is 0.271. The highest BCUT2D eigenvalue weighted by Crippen LogP contribution is 2.34. The zero-order valence-corrected chi connectivity index (χ0v) is 12.8. The van der Waals surface area contributed by atoms with E-state index in [0.29, 0.717) is 0 Å². The third-order valence-electron chi connectivity index (χ3n) is 4.11. The molecule has 0 amide bonds. The number of imidazole rings is 2. The topological polar surface area (TPSA) is 55.9 Å². The van der Waals surface area contributed by atoms with Crippen LogP contribution < -0.4 is 0 Å². The van der Waals surface area contributed by atoms with Crippen LogP contribution >= 0.6 is 11.8 Å². The number of nitrogens with zero attached hydrogens (tertiary/aromatic N) is 4. The molecule has 6 heteroatoms. The summed E-state index contributed by atoms with van der Waals surface area (Å²) in [6.07, 6.45) is 0. The fraction of sp³-hybridized carbons (Fsp3) is 0.333. The lowest BCUT2D eigenvalue weighted by atomic mass is 10.1. The number of hydrogen-bond acceptors (Lipinski definition) is 4. The molecular formula is C15H16N4OS. The van der Waals surface area contributed by atoms with Gasteiger partial charge in [0.25, 0.3) is 0 Å². The second-order valence-electron chi connectivity index (χ2n) is 5.27. The van der Waals surface area contributed by atoms with Crippen molar-refractivity contribution in [3.8, 4) is 11.3 Å². The Bertz CT molecular complexity index is 849. The van der Waals surface area contributed by atoms with Crippen molar-refractivity contribution in [2.45, 2.75) is 25.2 Å². The Labute approximate surface area is 126 Å². The van der Waals surface area contributed by atoms with Crippen molar-refractivity contribution in [3.63, 3.8) is 0 Å². The summed E-state index contributed by atoms with van der Waals surface area (Å²) < 4.78 is 4.20. The van der Waals surface area contributed by atoms with Gasteiger partial charge in [0.1, 0.15) is 5.82 Å². The van der Waals surface area contributed by atoms with E-state index in [1.165, 1.54) is 0 Å². The lowest BCUT2D eigenvalue weighted by Gasteiger charge is -2.05. The highest BCUT2D eigenvalue weighted by atomic mass is 32.2. The molecule has 1 aromatic carbocycles. The molecule has 0 aliphatic carbocycles. The summed E-state index contributed by atoms with van der Waals surface area (Å²) in [6, 6.07) is 6.19. The van der Waals surface area contributed by atoms with E-state index in [-0.39, 0.29) is 6.61 Å². The number of aliphatic hydroxyl groups is 1. The van der Waals surface area contributed by atoms with Crippen LogP contribution in [0.4, 0.5) is 0 Å². The van der Waals surface area contributed by atoms with Crippen molar-refractivity contribution in [3.05, 3.63) is 29.7 Å². The molecule has 1 aliphatic rings. The van der Waals surface area contributed by atoms with Gasteiger partial charge in [0.2, 0.25) is 0 Å². The minimum absolute atomic E-state index is 0.0160. The van der Waals surface area contributed by atoms with Crippen molar-refractivity contribution in [2.24, 2.45) is 7.05 Å². The van der Waals surface area contributed by atoms with Crippen molar-refractivity contribution < 1.29 is 5.11 Å². The van der Waals surface area contributed by atoms with Gasteiger partial charge in [-0.1, -0.05) is 17.8 Å². The maximum atomic E-state index is 9.70. The SMILES string of the molecule is Cc1nc2cc(-c3nc4n(c3CO)CCS4)ccc2n1C. The number of aliphatic hydroxyl groups excluding tert-OH is 1. The Kier molecular flexibility index (Phi) is 2.83. The Morgan fingerprint density at radius 3 is 3.00 bits per heavy atom. The average molecular weight is 300 g/mol. The summed E-state index contributed by atoms with van der Waals surface area (Å²) >= 11 is 1.74. The van der Waals surface area contributed by atoms with E-state index in [4.69, 9.17) is 4.98 Å². The molecule has 0 fully saturated rings. The minimum atomic E-state index is 0.0160. The maximum Gasteiger partial charge on any atom is 0.168 e. The van der Waals surface area contributed by atoms with E-state index in [9.17, 15) is 5.11 Å². The molecule has 3 aromatic rings. The van der Waals surface area contributed by atoms with Crippen LogP contribution in [0.2, 0.25) is 0 Å². The predicted molar refractivity (Wildman–Crippen MR) is 83.3 cm³/mol. The molecule has 5 nitrogen and oxygen atoms in total. The Balaban J connectivity index is 1.90. The van der Waals surface area contributed by atoms with Crippen LogP contribution in [0, 0.1) is 6.92 Å². The first-order valence-electron chi connectivity index (χ1n) is 6.95. The molecule has 0 spiro atoms. The highest BCUT2D eigenvalue weighted by Gasteiger charge is 2.22. The number of fused-ring (bicyclic) bond motifs is 2. The van der Waals surface area contributed by atoms with E-state index in [1.807, 2.05) is 14.0 Å². The van der Waals surface area contributed by atoms with Crippen molar-refractivity contribution in [2.75, 3.05) is 5.75 Å². The van der Waals surface area contributed by atoms with Gasteiger partial charge in [-0.25, -0.2) is 9.97 Å². The highest BCUT2D eigenvalue weighted by molar-refractivity contribution is 7.99. The second-order valence-corrected chi connectivity index (χ2v) is 6.33. The summed E-state index contributed by atoms with van der Waals surface area (Å²) in [5.41, 5.74) is 4.89. The van der Waals surface area contributed by atoms with Crippen molar-refractivity contribution in [1.29, 1.82) is 0 Å². The van der Waals surface area contributed by atoms with Crippen LogP contribution in [0.15, 0.2) is 23.4 Å². The molecule has 0 bridgehead atoms. The van der Waals surface area contributed by atoms with Crippen LogP contribution in [0.1, 0.15) is 11.5 Å². The van der Waals surface area contributed by atoms with E-state index < -0.39 is 0 Å². The van der Waals surface area contributed by atoms with Crippen LogP contribution in [-0.2, 0) is 20.2 Å². The standard InChI is InChI=1S/C15H16N4OS/c1-9-16-11-7-10(3-4-12(11)18(9)2)14-13(8-20)19-5-6-21-15(19)17-14/h3-4,7,20H,5-6,8H2,1-2H3. The average Bonchev–Trinajstić information content (AvgIpc) is 3.12. The van der Waals surface area contributed by atoms with Crippen LogP contribution in [0.25, 0.3) is 22.3 Å². The van der Waals surface area contributed by atoms with Gasteiger partial charge in [-0.15, -0.1) is 0 Å². The summed E-state index contributed by atoms with van der Waals surface area (Å²) in [5.74, 6) is 2.03. The van der Waals surface area contributed by atoms with E-state index in [1.54, 1.807) is 11.8 Å². The molecule has 3 heterocycles. The van der Waals surface area contributed by atoms with Gasteiger partial charge in [0.05, 0.1) is 29.0 Å². The molecule has 0 saturated carbocycles. The summed E-state index contributed by atoms with van der Waals surface area (Å²) in [7, 11) is 2.02. The summed E-state index contributed by atoms with van der Waals surface area (Å²) in [5, 5.41) is 10.7. The van der Waals surface area contributed by atoms with E-state index >= 15 is 0 Å². The predicted octanol–water partition coefficient (Wildman–Crippen LogP) is 2.34. The normalized spacial score (nSPS) is 14.0. The van der Waals surface area contributed by atoms with Gasteiger partial charge < -0.3 is 14.2 Å². The fourth-order valence-electron chi connectivity index (χ4n) is 2.89. The van der Waals surface area contributed by atoms with Crippen molar-refractivity contribution in [1.82, 2.24) is 19.1 Å². The fourth-order valence-corrected chi connectivity index (χ4v) is 3.86. The molecule has 108 valence electrons. The Hall–Kier alpha value is -1.79. The first-order valence-corrected chi connectivity index (χ1v) is 7.94. The number of thioether (sulfide) groups is 1. The van der Waals surface area contributed by atoms with E-state index in [0.717, 1.165) is 51.3 Å². The van der Waals surface area contributed by atoms with Crippen LogP contribution in [-0.4, -0.2) is 30.0 Å². The number of hydrogen-bond donors (Lipinski definition) is 1. The molecular weight excluding hydrogens is 284 g/mol. The van der Waals surface area contributed by atoms with Gasteiger partial charge in [-0.2, -0.15) is 0 Å². The van der Waals surface area contributed by atoms with Crippen LogP contribution in [0.5, 0.6) is 0 Å². The first kappa shape index (κ1) is 12.9. The quantitative estimate of drug-likeness (QED) is 0.789. The molecule has 0 saturated heterocycles. The van der Waals surface area contributed by atoms with Crippen molar-refractivity contribution >= 4 is 22.8 Å². The van der Waals surface area contributed by atoms with Crippen LogP contribution in [0.3, 0.4) is 0 Å². The largest absolute Gasteiger partial charge is 0.390 e. The van der Waals surface area contributed by atoms with Gasteiger partial charge in [-0.3, -0.25) is 0 Å². The smallest absolute Gasteiger partial charge is 0.168 e. The number of benzene rings is 1. The molecule has 21 heavy (non-hydrogen) atoms. The molecule has 0 radical (unpaired) electrons. The first-order chi connectivity index (χ1) is 10.2. The zero-order chi connectivity index (χ0) is 14.6. The molecule has 1 N–H and O–H groups in total. The van der Waals surface area contributed by atoms with Gasteiger partial charge >= 0.3 is 0 Å². The zero-order valence-electron chi connectivity index (χ0n) is 12.0. The Morgan fingerprint density at radius 2 is 2.19 bits per heavy atom. The summed E-state index contributed by atoms with van der Waals surface area (Å²) in [4.78, 5) is 9.28. The molecule has 4 rings (SSSR count). The minimum Gasteiger partial charge on any atom is -0.390 e. The molecule has 0 atom stereocenters. The molecule has 1 aliphatic heterocycles. The number of aromatic nitrogens is 4. The monoisotopic (exact) mass is 300 g/mol. The molecule has 2 aromatic heterocycles. The second kappa shape index (κ2) is 4.61. The summed E-state index contributed by atoms with van der Waals surface area (Å²) in [6.45, 7) is 2.94. The van der Waals surface area contributed by atoms with Gasteiger partial charge in [-0.05, 0) is 19.1 Å². The number of aryl methyl sites for hydroxylation is 2. The lowest BCUT2D eigenvalue weighted by Crippen LogP contribution is -2.01.